The Bertz CT molecular complexity index is 514. The Morgan fingerprint density at radius 3 is 2.06 bits per heavy atom. The number of hydrogen-bond acceptors (Lipinski definition) is 0. The average molecular weight is 258 g/mol. The van der Waals surface area contributed by atoms with Crippen LogP contribution in [0.5, 0.6) is 0 Å². The zero-order valence-electron chi connectivity index (χ0n) is 10.8. The smallest absolute Gasteiger partial charge is 0.145 e. The Kier molecular flexibility index (Phi) is 5.28. The maximum absolute atomic E-state index is 2.35. The van der Waals surface area contributed by atoms with Crippen LogP contribution in [0, 0.1) is 5.92 Å². The van der Waals surface area contributed by atoms with E-state index in [0.29, 0.717) is 0 Å². The molecular formula is C17H15K. The third-order valence-corrected chi connectivity index (χ3v) is 3.30. The van der Waals surface area contributed by atoms with Gasteiger partial charge < -0.3 is 0 Å². The van der Waals surface area contributed by atoms with E-state index in [1.165, 1.54) is 22.6 Å². The summed E-state index contributed by atoms with van der Waals surface area (Å²) >= 11 is 0. The summed E-state index contributed by atoms with van der Waals surface area (Å²) in [6.07, 6.45) is 4.67. The largest absolute Gasteiger partial charge is 1.00 e. The Labute approximate surface area is 152 Å². The second kappa shape index (κ2) is 6.74. The van der Waals surface area contributed by atoms with Crippen LogP contribution in [0.4, 0.5) is 0 Å². The number of hydrogen-bond donors (Lipinski definition) is 0. The van der Waals surface area contributed by atoms with E-state index in [-0.39, 0.29) is 51.4 Å². The first-order valence-corrected chi connectivity index (χ1v) is 6.11. The topological polar surface area (TPSA) is 0 Å². The molecule has 0 atom stereocenters. The van der Waals surface area contributed by atoms with Crippen LogP contribution in [0.3, 0.4) is 0 Å². The van der Waals surface area contributed by atoms with Crippen LogP contribution in [0.1, 0.15) is 24.0 Å². The van der Waals surface area contributed by atoms with Crippen molar-refractivity contribution >= 4 is 5.57 Å². The van der Waals surface area contributed by atoms with Gasteiger partial charge in [0.1, 0.15) is 0 Å². The normalized spacial score (nSPS) is 14.0. The molecule has 0 fully saturated rings. The molecular weight excluding hydrogens is 243 g/mol. The standard InChI is InChI=1S/C17H15.K/c1-3-7-14(8-4-1)16-11-12-17(13-16)15-9-5-2-6-10-15;/h1-10,13H,11-12H2;/q-1;+1. The van der Waals surface area contributed by atoms with Gasteiger partial charge in [-0.05, 0) is 0 Å². The van der Waals surface area contributed by atoms with Crippen molar-refractivity contribution < 1.29 is 51.4 Å². The van der Waals surface area contributed by atoms with Crippen molar-refractivity contribution in [1.29, 1.82) is 0 Å². The van der Waals surface area contributed by atoms with Crippen LogP contribution in [0.2, 0.25) is 0 Å². The molecule has 0 saturated heterocycles. The van der Waals surface area contributed by atoms with E-state index in [1.807, 2.05) is 0 Å². The summed E-state index contributed by atoms with van der Waals surface area (Å²) in [6.45, 7) is 0. The molecule has 1 aliphatic rings. The summed E-state index contributed by atoms with van der Waals surface area (Å²) in [5.41, 5.74) is 4.18. The van der Waals surface area contributed by atoms with E-state index >= 15 is 0 Å². The van der Waals surface area contributed by atoms with Crippen LogP contribution >= 0.6 is 0 Å². The third-order valence-electron chi connectivity index (χ3n) is 3.30. The minimum absolute atomic E-state index is 0. The Balaban J connectivity index is 0.00000120. The van der Waals surface area contributed by atoms with Gasteiger partial charge in [0.15, 0.2) is 0 Å². The van der Waals surface area contributed by atoms with Gasteiger partial charge in [-0.15, -0.1) is 47.4 Å². The maximum atomic E-state index is 2.35. The van der Waals surface area contributed by atoms with Gasteiger partial charge in [-0.3, -0.25) is 0 Å². The monoisotopic (exact) mass is 258 g/mol. The molecule has 0 spiro atoms. The summed E-state index contributed by atoms with van der Waals surface area (Å²) in [4.78, 5) is 0. The Hall–Kier alpha value is -0.314. The van der Waals surface area contributed by atoms with Gasteiger partial charge in [0.2, 0.25) is 0 Å². The average Bonchev–Trinajstić information content (AvgIpc) is 2.90. The molecule has 0 aliphatic heterocycles. The van der Waals surface area contributed by atoms with Crippen LogP contribution in [0.15, 0.2) is 66.7 Å². The van der Waals surface area contributed by atoms with Gasteiger partial charge in [-0.25, -0.2) is 0 Å². The summed E-state index contributed by atoms with van der Waals surface area (Å²) in [7, 11) is 0. The fourth-order valence-electron chi connectivity index (χ4n) is 2.38. The summed E-state index contributed by atoms with van der Waals surface area (Å²) in [5, 5.41) is 0. The zero-order chi connectivity index (χ0) is 11.5. The number of benzene rings is 2. The molecule has 0 heterocycles. The fourth-order valence-corrected chi connectivity index (χ4v) is 2.38. The van der Waals surface area contributed by atoms with Crippen molar-refractivity contribution in [3.63, 3.8) is 0 Å². The first-order valence-electron chi connectivity index (χ1n) is 6.11. The molecule has 1 heteroatoms. The van der Waals surface area contributed by atoms with Crippen molar-refractivity contribution in [2.75, 3.05) is 0 Å². The van der Waals surface area contributed by atoms with Crippen LogP contribution in [-0.2, 0) is 0 Å². The summed E-state index contributed by atoms with van der Waals surface area (Å²) < 4.78 is 0. The minimum atomic E-state index is 0. The SMILES string of the molecule is C1=C(c2ccccc2)CC[C-]1c1ccccc1.[K+]. The van der Waals surface area contributed by atoms with E-state index in [2.05, 4.69) is 66.7 Å². The van der Waals surface area contributed by atoms with Gasteiger partial charge in [0.25, 0.3) is 0 Å². The van der Waals surface area contributed by atoms with Crippen LogP contribution in [0.25, 0.3) is 5.57 Å². The Morgan fingerprint density at radius 1 is 0.778 bits per heavy atom. The molecule has 18 heavy (non-hydrogen) atoms. The number of rotatable bonds is 2. The summed E-state index contributed by atoms with van der Waals surface area (Å²) in [5.74, 6) is 1.46. The van der Waals surface area contributed by atoms with Gasteiger partial charge in [-0.1, -0.05) is 54.8 Å². The zero-order valence-corrected chi connectivity index (χ0v) is 13.9. The molecule has 0 amide bonds. The van der Waals surface area contributed by atoms with E-state index in [0.717, 1.165) is 12.8 Å². The quantitative estimate of drug-likeness (QED) is 0.565. The third kappa shape index (κ3) is 3.17. The molecule has 3 rings (SSSR count). The summed E-state index contributed by atoms with van der Waals surface area (Å²) in [6, 6.07) is 21.3. The first kappa shape index (κ1) is 14.1. The van der Waals surface area contributed by atoms with Crippen molar-refractivity contribution in [2.45, 2.75) is 12.8 Å². The molecule has 0 N–H and O–H groups in total. The number of allylic oxidation sites excluding steroid dienone is 2. The molecule has 2 aromatic rings. The predicted octanol–water partition coefficient (Wildman–Crippen LogP) is 1.49. The van der Waals surface area contributed by atoms with E-state index < -0.39 is 0 Å². The van der Waals surface area contributed by atoms with E-state index in [4.69, 9.17) is 0 Å². The minimum Gasteiger partial charge on any atom is -0.145 e. The Morgan fingerprint density at radius 2 is 1.39 bits per heavy atom. The second-order valence-electron chi connectivity index (χ2n) is 4.43. The molecule has 0 saturated carbocycles. The van der Waals surface area contributed by atoms with E-state index in [9.17, 15) is 0 Å². The molecule has 1 aliphatic carbocycles. The molecule has 0 bridgehead atoms. The van der Waals surface area contributed by atoms with Crippen LogP contribution in [-0.4, -0.2) is 0 Å². The van der Waals surface area contributed by atoms with Crippen molar-refractivity contribution in [3.8, 4) is 0 Å². The van der Waals surface area contributed by atoms with Crippen molar-refractivity contribution in [2.24, 2.45) is 0 Å². The fraction of sp³-hybridized carbons (Fsp3) is 0.118. The molecule has 2 aromatic carbocycles. The molecule has 0 nitrogen and oxygen atoms in total. The molecule has 84 valence electrons. The molecule has 0 unspecified atom stereocenters. The van der Waals surface area contributed by atoms with Gasteiger partial charge in [0.05, 0.1) is 0 Å². The van der Waals surface area contributed by atoms with Gasteiger partial charge in [-0.2, -0.15) is 0 Å². The van der Waals surface area contributed by atoms with Gasteiger partial charge >= 0.3 is 51.4 Å². The molecule has 0 aromatic heterocycles. The van der Waals surface area contributed by atoms with Crippen molar-refractivity contribution in [3.05, 3.63) is 83.8 Å². The van der Waals surface area contributed by atoms with Gasteiger partial charge in [0, 0.05) is 0 Å². The maximum Gasteiger partial charge on any atom is 1.00 e. The predicted molar refractivity (Wildman–Crippen MR) is 72.4 cm³/mol. The second-order valence-corrected chi connectivity index (χ2v) is 4.43. The van der Waals surface area contributed by atoms with Crippen molar-refractivity contribution in [1.82, 2.24) is 0 Å². The van der Waals surface area contributed by atoms with E-state index in [1.54, 1.807) is 0 Å². The molecule has 0 radical (unpaired) electrons. The van der Waals surface area contributed by atoms with Crippen LogP contribution < -0.4 is 51.4 Å². The first-order chi connectivity index (χ1) is 8.43.